The van der Waals surface area contributed by atoms with Gasteiger partial charge in [0, 0.05) is 18.2 Å². The van der Waals surface area contributed by atoms with Gasteiger partial charge in [0.25, 0.3) is 0 Å². The lowest BCUT2D eigenvalue weighted by atomic mass is 10.0. The van der Waals surface area contributed by atoms with Crippen LogP contribution in [0.1, 0.15) is 31.7 Å². The van der Waals surface area contributed by atoms with E-state index in [9.17, 15) is 8.78 Å². The highest BCUT2D eigenvalue weighted by molar-refractivity contribution is 5.18. The molecule has 106 valence electrons. The zero-order valence-corrected chi connectivity index (χ0v) is 11.5. The van der Waals surface area contributed by atoms with Crippen molar-refractivity contribution in [1.82, 2.24) is 10.2 Å². The van der Waals surface area contributed by atoms with E-state index in [1.807, 2.05) is 0 Å². The number of likely N-dealkylation sites (tertiary alicyclic amines) is 1. The van der Waals surface area contributed by atoms with Crippen LogP contribution in [0.15, 0.2) is 18.2 Å². The summed E-state index contributed by atoms with van der Waals surface area (Å²) in [7, 11) is 0. The molecule has 4 heteroatoms. The number of rotatable bonds is 5. The van der Waals surface area contributed by atoms with Crippen LogP contribution in [-0.2, 0) is 6.54 Å². The van der Waals surface area contributed by atoms with Crippen LogP contribution in [0.5, 0.6) is 0 Å². The Bertz CT molecular complexity index is 401. The number of nitrogens with one attached hydrogen (secondary N) is 1. The fourth-order valence-corrected chi connectivity index (χ4v) is 2.61. The van der Waals surface area contributed by atoms with Crippen LogP contribution in [0.3, 0.4) is 0 Å². The summed E-state index contributed by atoms with van der Waals surface area (Å²) in [5, 5.41) is 3.34. The molecule has 1 aromatic carbocycles. The molecule has 0 amide bonds. The van der Waals surface area contributed by atoms with Crippen molar-refractivity contribution in [2.24, 2.45) is 0 Å². The number of hydrogen-bond acceptors (Lipinski definition) is 2. The molecule has 1 saturated heterocycles. The Labute approximate surface area is 113 Å². The normalized spacial score (nSPS) is 17.8. The third-order valence-corrected chi connectivity index (χ3v) is 3.72. The van der Waals surface area contributed by atoms with Gasteiger partial charge >= 0.3 is 0 Å². The van der Waals surface area contributed by atoms with Gasteiger partial charge in [-0.15, -0.1) is 0 Å². The minimum Gasteiger partial charge on any atom is -0.310 e. The molecule has 0 saturated carbocycles. The number of hydrogen-bond donors (Lipinski definition) is 1. The van der Waals surface area contributed by atoms with Gasteiger partial charge in [0.1, 0.15) is 11.6 Å². The van der Waals surface area contributed by atoms with E-state index in [1.165, 1.54) is 18.6 Å². The van der Waals surface area contributed by atoms with Gasteiger partial charge in [-0.1, -0.05) is 6.92 Å². The first kappa shape index (κ1) is 14.4. The molecule has 0 aromatic heterocycles. The predicted octanol–water partition coefficient (Wildman–Crippen LogP) is 2.93. The largest absolute Gasteiger partial charge is 0.310 e. The third-order valence-electron chi connectivity index (χ3n) is 3.72. The average Bonchev–Trinajstić information content (AvgIpc) is 2.42. The van der Waals surface area contributed by atoms with Crippen molar-refractivity contribution in [1.29, 1.82) is 0 Å². The molecular formula is C15H22F2N2. The fourth-order valence-electron chi connectivity index (χ4n) is 2.61. The lowest BCUT2D eigenvalue weighted by Gasteiger charge is -2.32. The molecule has 1 aliphatic heterocycles. The summed E-state index contributed by atoms with van der Waals surface area (Å²) in [5.41, 5.74) is 0.413. The predicted molar refractivity (Wildman–Crippen MR) is 73.0 cm³/mol. The summed E-state index contributed by atoms with van der Waals surface area (Å²) in [6.07, 6.45) is 3.35. The average molecular weight is 268 g/mol. The van der Waals surface area contributed by atoms with Crippen LogP contribution < -0.4 is 5.32 Å². The number of nitrogens with zero attached hydrogens (tertiary/aromatic N) is 1. The zero-order valence-electron chi connectivity index (χ0n) is 11.5. The molecule has 1 heterocycles. The second-order valence-electron chi connectivity index (χ2n) is 5.23. The van der Waals surface area contributed by atoms with Gasteiger partial charge in [0.15, 0.2) is 0 Å². The maximum Gasteiger partial charge on any atom is 0.127 e. The molecule has 19 heavy (non-hydrogen) atoms. The van der Waals surface area contributed by atoms with E-state index in [2.05, 4.69) is 17.1 Å². The van der Waals surface area contributed by atoms with Crippen LogP contribution in [0.25, 0.3) is 0 Å². The van der Waals surface area contributed by atoms with Crippen molar-refractivity contribution in [2.75, 3.05) is 19.6 Å². The first-order valence-corrected chi connectivity index (χ1v) is 7.08. The Morgan fingerprint density at radius 2 is 2.00 bits per heavy atom. The first-order valence-electron chi connectivity index (χ1n) is 7.08. The smallest absolute Gasteiger partial charge is 0.127 e. The van der Waals surface area contributed by atoms with Gasteiger partial charge in [0.2, 0.25) is 0 Å². The van der Waals surface area contributed by atoms with E-state index < -0.39 is 0 Å². The minimum atomic E-state index is -0.379. The number of benzene rings is 1. The van der Waals surface area contributed by atoms with Crippen LogP contribution in [0.2, 0.25) is 0 Å². The van der Waals surface area contributed by atoms with Gasteiger partial charge in [-0.2, -0.15) is 0 Å². The van der Waals surface area contributed by atoms with Gasteiger partial charge in [-0.25, -0.2) is 8.78 Å². The van der Waals surface area contributed by atoms with Crippen LogP contribution >= 0.6 is 0 Å². The molecule has 0 spiro atoms. The second-order valence-corrected chi connectivity index (χ2v) is 5.23. The quantitative estimate of drug-likeness (QED) is 0.883. The third kappa shape index (κ3) is 4.25. The zero-order chi connectivity index (χ0) is 13.7. The van der Waals surface area contributed by atoms with E-state index in [-0.39, 0.29) is 11.6 Å². The highest BCUT2D eigenvalue weighted by Gasteiger charge is 2.18. The van der Waals surface area contributed by atoms with Crippen molar-refractivity contribution < 1.29 is 8.78 Å². The molecule has 1 aromatic rings. The van der Waals surface area contributed by atoms with Crippen molar-refractivity contribution in [3.8, 4) is 0 Å². The monoisotopic (exact) mass is 268 g/mol. The maximum atomic E-state index is 13.5. The van der Waals surface area contributed by atoms with E-state index in [4.69, 9.17) is 0 Å². The van der Waals surface area contributed by atoms with Gasteiger partial charge < -0.3 is 10.2 Å². The molecule has 1 aliphatic rings. The van der Waals surface area contributed by atoms with Crippen molar-refractivity contribution in [3.05, 3.63) is 35.4 Å². The number of halogens is 2. The van der Waals surface area contributed by atoms with Crippen molar-refractivity contribution in [2.45, 2.75) is 38.8 Å². The molecule has 1 fully saturated rings. The van der Waals surface area contributed by atoms with Gasteiger partial charge in [-0.05, 0) is 57.1 Å². The Kier molecular flexibility index (Phi) is 5.28. The standard InChI is InChI=1S/C15H22F2N2/c1-2-7-19-8-5-14(6-9-19)18-11-12-10-13(16)3-4-15(12)17/h3-4,10,14,18H,2,5-9,11H2,1H3. The summed E-state index contributed by atoms with van der Waals surface area (Å²) in [5.74, 6) is -0.715. The summed E-state index contributed by atoms with van der Waals surface area (Å²) in [4.78, 5) is 2.46. The first-order chi connectivity index (χ1) is 9.19. The van der Waals surface area contributed by atoms with E-state index in [1.54, 1.807) is 0 Å². The maximum absolute atomic E-state index is 13.5. The summed E-state index contributed by atoms with van der Waals surface area (Å²) in [6.45, 7) is 5.94. The molecule has 2 rings (SSSR count). The molecule has 0 bridgehead atoms. The lowest BCUT2D eigenvalue weighted by Crippen LogP contribution is -2.42. The van der Waals surface area contributed by atoms with E-state index in [0.29, 0.717) is 18.2 Å². The molecular weight excluding hydrogens is 246 g/mol. The molecule has 0 unspecified atom stereocenters. The number of piperidine rings is 1. The van der Waals surface area contributed by atoms with Crippen LogP contribution in [-0.4, -0.2) is 30.6 Å². The summed E-state index contributed by atoms with van der Waals surface area (Å²) >= 11 is 0. The van der Waals surface area contributed by atoms with E-state index >= 15 is 0 Å². The van der Waals surface area contributed by atoms with Crippen molar-refractivity contribution >= 4 is 0 Å². The Balaban J connectivity index is 1.79. The minimum absolute atomic E-state index is 0.336. The molecule has 1 N–H and O–H groups in total. The second kappa shape index (κ2) is 6.96. The molecule has 0 aliphatic carbocycles. The Morgan fingerprint density at radius 1 is 1.26 bits per heavy atom. The highest BCUT2D eigenvalue weighted by Crippen LogP contribution is 2.13. The Hall–Kier alpha value is -1.00. The molecule has 2 nitrogen and oxygen atoms in total. The topological polar surface area (TPSA) is 15.3 Å². The van der Waals surface area contributed by atoms with E-state index in [0.717, 1.165) is 38.5 Å². The van der Waals surface area contributed by atoms with Crippen LogP contribution in [0, 0.1) is 11.6 Å². The lowest BCUT2D eigenvalue weighted by molar-refractivity contribution is 0.197. The molecule has 0 radical (unpaired) electrons. The Morgan fingerprint density at radius 3 is 2.68 bits per heavy atom. The summed E-state index contributed by atoms with van der Waals surface area (Å²) < 4.78 is 26.5. The van der Waals surface area contributed by atoms with Crippen molar-refractivity contribution in [3.63, 3.8) is 0 Å². The highest BCUT2D eigenvalue weighted by atomic mass is 19.1. The van der Waals surface area contributed by atoms with Gasteiger partial charge in [0.05, 0.1) is 0 Å². The fraction of sp³-hybridized carbons (Fsp3) is 0.600. The van der Waals surface area contributed by atoms with Crippen LogP contribution in [0.4, 0.5) is 8.78 Å². The summed E-state index contributed by atoms with van der Waals surface area (Å²) in [6, 6.07) is 4.03. The SMILES string of the molecule is CCCN1CCC(NCc2cc(F)ccc2F)CC1. The molecule has 0 atom stereocenters. The van der Waals surface area contributed by atoms with Gasteiger partial charge in [-0.3, -0.25) is 0 Å².